The van der Waals surface area contributed by atoms with Crippen molar-refractivity contribution in [3.8, 4) is 0 Å². The molecule has 132 valence electrons. The van der Waals surface area contributed by atoms with Gasteiger partial charge in [-0.05, 0) is 86.8 Å². The summed E-state index contributed by atoms with van der Waals surface area (Å²) >= 11 is 5.59. The first-order valence-corrected chi connectivity index (χ1v) is 10.1. The monoisotopic (exact) mass is 338 g/mol. The zero-order valence-corrected chi connectivity index (χ0v) is 15.7. The lowest BCUT2D eigenvalue weighted by Crippen LogP contribution is -2.58. The Kier molecular flexibility index (Phi) is 5.84. The van der Waals surface area contributed by atoms with Gasteiger partial charge in [-0.3, -0.25) is 0 Å². The molecule has 4 fully saturated rings. The van der Waals surface area contributed by atoms with Crippen LogP contribution in [0.4, 0.5) is 0 Å². The number of thiocarbonyl (C=S) groups is 1. The largest absolute Gasteiger partial charge is 0.385 e. The van der Waals surface area contributed by atoms with Crippen LogP contribution in [0.1, 0.15) is 64.7 Å². The number of hydrogen-bond acceptors (Lipinski definition) is 2. The van der Waals surface area contributed by atoms with Crippen molar-refractivity contribution in [3.05, 3.63) is 0 Å². The van der Waals surface area contributed by atoms with E-state index < -0.39 is 0 Å². The zero-order chi connectivity index (χ0) is 16.3. The van der Waals surface area contributed by atoms with E-state index in [-0.39, 0.29) is 0 Å². The van der Waals surface area contributed by atoms with Crippen LogP contribution in [0.3, 0.4) is 0 Å². The van der Waals surface area contributed by atoms with E-state index >= 15 is 0 Å². The molecule has 0 aromatic heterocycles. The number of nitrogens with one attached hydrogen (secondary N) is 2. The summed E-state index contributed by atoms with van der Waals surface area (Å²) in [6, 6.07) is 0.573. The molecular formula is C19H34N2OS. The molecule has 4 bridgehead atoms. The molecule has 3 nitrogen and oxygen atoms in total. The van der Waals surface area contributed by atoms with Crippen molar-refractivity contribution in [2.75, 3.05) is 20.3 Å². The van der Waals surface area contributed by atoms with E-state index in [2.05, 4.69) is 17.6 Å². The molecule has 0 heterocycles. The molecule has 2 N–H and O–H groups in total. The van der Waals surface area contributed by atoms with Crippen molar-refractivity contribution in [3.63, 3.8) is 0 Å². The summed E-state index contributed by atoms with van der Waals surface area (Å²) in [5.74, 6) is 3.02. The Labute approximate surface area is 147 Å². The predicted octanol–water partition coefficient (Wildman–Crippen LogP) is 3.87. The number of methoxy groups -OCH3 is 1. The molecule has 4 heteroatoms. The van der Waals surface area contributed by atoms with Crippen LogP contribution in [0.25, 0.3) is 0 Å². The van der Waals surface area contributed by atoms with Crippen LogP contribution >= 0.6 is 12.2 Å². The van der Waals surface area contributed by atoms with Crippen molar-refractivity contribution < 1.29 is 4.74 Å². The smallest absolute Gasteiger partial charge is 0.166 e. The van der Waals surface area contributed by atoms with Gasteiger partial charge in [0.15, 0.2) is 5.11 Å². The highest BCUT2D eigenvalue weighted by Gasteiger charge is 2.53. The fraction of sp³-hybridized carbons (Fsp3) is 0.947. The van der Waals surface area contributed by atoms with Gasteiger partial charge in [0.2, 0.25) is 0 Å². The second kappa shape index (κ2) is 7.69. The third-order valence-corrected chi connectivity index (χ3v) is 6.78. The molecule has 4 aliphatic rings. The Morgan fingerprint density at radius 1 is 1.17 bits per heavy atom. The van der Waals surface area contributed by atoms with E-state index in [1.165, 1.54) is 51.4 Å². The minimum Gasteiger partial charge on any atom is -0.385 e. The maximum absolute atomic E-state index is 5.59. The molecule has 0 amide bonds. The third kappa shape index (κ3) is 4.01. The number of hydrogen-bond donors (Lipinski definition) is 2. The number of ether oxygens (including phenoxy) is 1. The predicted molar refractivity (Wildman–Crippen MR) is 99.5 cm³/mol. The van der Waals surface area contributed by atoms with Gasteiger partial charge in [-0.2, -0.15) is 0 Å². The van der Waals surface area contributed by atoms with Crippen LogP contribution in [-0.2, 0) is 4.74 Å². The lowest BCUT2D eigenvalue weighted by Gasteiger charge is -2.59. The van der Waals surface area contributed by atoms with Crippen LogP contribution in [0.2, 0.25) is 0 Å². The fourth-order valence-corrected chi connectivity index (χ4v) is 6.30. The fourth-order valence-electron chi connectivity index (χ4n) is 6.05. The highest BCUT2D eigenvalue weighted by Crippen LogP contribution is 2.61. The van der Waals surface area contributed by atoms with Crippen molar-refractivity contribution >= 4 is 17.3 Å². The number of rotatable bonds is 8. The van der Waals surface area contributed by atoms with Crippen molar-refractivity contribution in [1.82, 2.24) is 10.6 Å². The standard InChI is InChI=1S/C19H34N2OS/c1-3-5-17(21-18(23)20-6-4-7-22-2)19-11-14-8-15(12-19)10-16(9-14)13-19/h14-17H,3-13H2,1-2H3,(H2,20,21,23)/t14?,15?,16?,17-,19?/m1/s1. The van der Waals surface area contributed by atoms with Gasteiger partial charge >= 0.3 is 0 Å². The van der Waals surface area contributed by atoms with Crippen LogP contribution in [-0.4, -0.2) is 31.4 Å². The molecule has 0 radical (unpaired) electrons. The lowest BCUT2D eigenvalue weighted by molar-refractivity contribution is -0.0720. The van der Waals surface area contributed by atoms with Crippen molar-refractivity contribution in [2.45, 2.75) is 70.8 Å². The lowest BCUT2D eigenvalue weighted by atomic mass is 9.47. The Balaban J connectivity index is 1.59. The summed E-state index contributed by atoms with van der Waals surface area (Å²) in [5.41, 5.74) is 0.531. The molecule has 0 aromatic carbocycles. The normalized spacial score (nSPS) is 36.0. The maximum Gasteiger partial charge on any atom is 0.166 e. The molecule has 23 heavy (non-hydrogen) atoms. The summed E-state index contributed by atoms with van der Waals surface area (Å²) in [4.78, 5) is 0. The SMILES string of the molecule is CCC[C@@H](NC(=S)NCCCOC)C12CC3CC(CC(C3)C1)C2. The third-order valence-electron chi connectivity index (χ3n) is 6.52. The van der Waals surface area contributed by atoms with Crippen molar-refractivity contribution in [2.24, 2.45) is 23.2 Å². The minimum absolute atomic E-state index is 0.531. The summed E-state index contributed by atoms with van der Waals surface area (Å²) in [6.07, 6.45) is 12.4. The topological polar surface area (TPSA) is 33.3 Å². The van der Waals surface area contributed by atoms with Crippen LogP contribution in [0.5, 0.6) is 0 Å². The van der Waals surface area contributed by atoms with E-state index in [0.717, 1.165) is 42.4 Å². The van der Waals surface area contributed by atoms with E-state index in [1.807, 2.05) is 0 Å². The van der Waals surface area contributed by atoms with Gasteiger partial charge in [0, 0.05) is 26.3 Å². The Hall–Kier alpha value is -0.350. The van der Waals surface area contributed by atoms with Gasteiger partial charge < -0.3 is 15.4 Å². The van der Waals surface area contributed by atoms with Gasteiger partial charge in [-0.1, -0.05) is 13.3 Å². The van der Waals surface area contributed by atoms with Gasteiger partial charge in [0.1, 0.15) is 0 Å². The molecule has 1 atom stereocenters. The molecule has 0 spiro atoms. The first-order chi connectivity index (χ1) is 11.1. The Morgan fingerprint density at radius 3 is 2.30 bits per heavy atom. The second-order valence-corrected chi connectivity index (χ2v) is 8.78. The zero-order valence-electron chi connectivity index (χ0n) is 14.9. The average Bonchev–Trinajstić information content (AvgIpc) is 2.50. The average molecular weight is 339 g/mol. The maximum atomic E-state index is 5.59. The molecule has 0 aromatic rings. The van der Waals surface area contributed by atoms with Gasteiger partial charge in [-0.25, -0.2) is 0 Å². The van der Waals surface area contributed by atoms with E-state index in [1.54, 1.807) is 7.11 Å². The highest BCUT2D eigenvalue weighted by atomic mass is 32.1. The summed E-state index contributed by atoms with van der Waals surface area (Å²) in [5, 5.41) is 7.97. The Bertz CT molecular complexity index is 377. The molecule has 4 saturated carbocycles. The molecule has 0 unspecified atom stereocenters. The summed E-state index contributed by atoms with van der Waals surface area (Å²) in [7, 11) is 1.75. The summed E-state index contributed by atoms with van der Waals surface area (Å²) < 4.78 is 5.10. The highest BCUT2D eigenvalue weighted by molar-refractivity contribution is 7.80. The van der Waals surface area contributed by atoms with Crippen LogP contribution < -0.4 is 10.6 Å². The molecule has 4 rings (SSSR count). The Morgan fingerprint density at radius 2 is 1.78 bits per heavy atom. The van der Waals surface area contributed by atoms with Crippen LogP contribution in [0, 0.1) is 23.2 Å². The quantitative estimate of drug-likeness (QED) is 0.520. The van der Waals surface area contributed by atoms with Crippen molar-refractivity contribution in [1.29, 1.82) is 0 Å². The summed E-state index contributed by atoms with van der Waals surface area (Å²) in [6.45, 7) is 4.01. The minimum atomic E-state index is 0.531. The molecule has 4 aliphatic carbocycles. The van der Waals surface area contributed by atoms with Crippen LogP contribution in [0.15, 0.2) is 0 Å². The molecular weight excluding hydrogens is 304 g/mol. The molecule has 0 saturated heterocycles. The van der Waals surface area contributed by atoms with E-state index in [9.17, 15) is 0 Å². The van der Waals surface area contributed by atoms with E-state index in [4.69, 9.17) is 17.0 Å². The second-order valence-electron chi connectivity index (χ2n) is 8.37. The van der Waals surface area contributed by atoms with E-state index in [0.29, 0.717) is 11.5 Å². The van der Waals surface area contributed by atoms with Gasteiger partial charge in [-0.15, -0.1) is 0 Å². The first-order valence-electron chi connectivity index (χ1n) is 9.68. The first kappa shape index (κ1) is 17.5. The van der Waals surface area contributed by atoms with Gasteiger partial charge in [0.05, 0.1) is 0 Å². The van der Waals surface area contributed by atoms with Gasteiger partial charge in [0.25, 0.3) is 0 Å². The molecule has 0 aliphatic heterocycles.